The highest BCUT2D eigenvalue weighted by Gasteiger charge is 2.63. The van der Waals surface area contributed by atoms with E-state index < -0.39 is 36.1 Å². The molecule has 1 aromatic carbocycles. The summed E-state index contributed by atoms with van der Waals surface area (Å²) >= 11 is 0. The van der Waals surface area contributed by atoms with Crippen molar-refractivity contribution >= 4 is 0 Å². The number of halogens is 2. The number of aromatic amines is 1. The quantitative estimate of drug-likeness (QED) is 0.412. The highest BCUT2D eigenvalue weighted by atomic mass is 19.3. The van der Waals surface area contributed by atoms with Crippen LogP contribution in [0.5, 0.6) is 0 Å². The van der Waals surface area contributed by atoms with Crippen molar-refractivity contribution in [3.8, 4) is 0 Å². The van der Waals surface area contributed by atoms with Gasteiger partial charge in [-0.3, -0.25) is 0 Å². The lowest BCUT2D eigenvalue weighted by molar-refractivity contribution is -0.0273. The van der Waals surface area contributed by atoms with Crippen LogP contribution in [0.25, 0.3) is 0 Å². The number of aliphatic hydroxyl groups excluding tert-OH is 2. The largest absolute Gasteiger partial charge is 0.488 e. The zero-order valence-electron chi connectivity index (χ0n) is 18.7. The van der Waals surface area contributed by atoms with Gasteiger partial charge in [0.25, 0.3) is 0 Å². The Kier molecular flexibility index (Phi) is 6.90. The number of benzene rings is 1. The van der Waals surface area contributed by atoms with E-state index in [9.17, 15) is 10.2 Å². The molecular weight excluding hydrogens is 430 g/mol. The Balaban J connectivity index is 1.41. The van der Waals surface area contributed by atoms with Gasteiger partial charge in [0.2, 0.25) is 0 Å². The minimum absolute atomic E-state index is 0.139. The average molecular weight is 461 g/mol. The van der Waals surface area contributed by atoms with E-state index in [4.69, 9.17) is 4.74 Å². The predicted molar refractivity (Wildman–Crippen MR) is 117 cm³/mol. The Hall–Kier alpha value is -2.65. The van der Waals surface area contributed by atoms with Crippen LogP contribution >= 0.6 is 0 Å². The molecule has 1 aliphatic heterocycles. The first-order valence-corrected chi connectivity index (χ1v) is 11.4. The van der Waals surface area contributed by atoms with Gasteiger partial charge in [0.05, 0.1) is 18.1 Å². The molecule has 1 saturated heterocycles. The van der Waals surface area contributed by atoms with E-state index in [-0.39, 0.29) is 18.1 Å². The van der Waals surface area contributed by atoms with Gasteiger partial charge in [-0.05, 0) is 41.8 Å². The first kappa shape index (κ1) is 23.5. The number of nitrogens with zero attached hydrogens (tertiary/aromatic N) is 3. The highest BCUT2D eigenvalue weighted by Crippen LogP contribution is 2.54. The molecule has 2 aromatic rings. The lowest BCUT2D eigenvalue weighted by Crippen LogP contribution is -2.33. The highest BCUT2D eigenvalue weighted by molar-refractivity contribution is 5.27. The number of hydrogen-bond acceptors (Lipinski definition) is 6. The minimum atomic E-state index is -3.18. The fourth-order valence-corrected chi connectivity index (χ4v) is 4.81. The van der Waals surface area contributed by atoms with Crippen molar-refractivity contribution in [2.75, 3.05) is 0 Å². The molecule has 1 saturated carbocycles. The molecule has 0 unspecified atom stereocenters. The molecule has 1 aromatic heterocycles. The Labute approximate surface area is 191 Å². The predicted octanol–water partition coefficient (Wildman–Crippen LogP) is 3.47. The number of H-pyrrole nitrogens is 1. The first-order valence-electron chi connectivity index (χ1n) is 11.4. The summed E-state index contributed by atoms with van der Waals surface area (Å²) in [4.78, 5) is 0. The topological polar surface area (TPSA) is 104 Å². The van der Waals surface area contributed by atoms with Gasteiger partial charge >= 0.3 is 5.92 Å². The number of aryl methyl sites for hydroxylation is 2. The molecule has 2 aliphatic rings. The third-order valence-corrected chi connectivity index (χ3v) is 6.71. The smallest absolute Gasteiger partial charge is 0.310 e. The van der Waals surface area contributed by atoms with E-state index in [1.54, 1.807) is 6.08 Å². The van der Waals surface area contributed by atoms with Gasteiger partial charge in [-0.15, -0.1) is 5.10 Å². The Morgan fingerprint density at radius 2 is 2.18 bits per heavy atom. The van der Waals surface area contributed by atoms with Crippen LogP contribution in [-0.2, 0) is 11.2 Å². The lowest BCUT2D eigenvalue weighted by atomic mass is 9.86. The van der Waals surface area contributed by atoms with Gasteiger partial charge in [-0.1, -0.05) is 48.9 Å². The molecule has 0 spiro atoms. The summed E-state index contributed by atoms with van der Waals surface area (Å²) in [6.45, 7) is 3.87. The molecule has 0 amide bonds. The number of aliphatic hydroxyl groups is 2. The number of nitrogens with one attached hydrogen (secondary N) is 1. The van der Waals surface area contributed by atoms with Gasteiger partial charge in [-0.25, -0.2) is 5.10 Å². The second-order valence-electron chi connectivity index (χ2n) is 9.07. The third-order valence-electron chi connectivity index (χ3n) is 6.71. The van der Waals surface area contributed by atoms with Crippen LogP contribution in [0.1, 0.15) is 49.1 Å². The molecule has 2 heterocycles. The van der Waals surface area contributed by atoms with E-state index in [1.807, 2.05) is 38.1 Å². The molecule has 3 N–H and O–H groups in total. The van der Waals surface area contributed by atoms with Crippen LogP contribution in [0.15, 0.2) is 48.3 Å². The van der Waals surface area contributed by atoms with E-state index in [2.05, 4.69) is 20.6 Å². The van der Waals surface area contributed by atoms with E-state index in [1.165, 1.54) is 12.2 Å². The maximum Gasteiger partial charge on any atom is 0.310 e. The number of ether oxygens (including phenoxy) is 1. The number of aromatic nitrogens is 4. The number of allylic oxidation sites excluding steroid dienone is 2. The number of hydrogen-bond donors (Lipinski definition) is 3. The number of unbranched alkanes of at least 4 members (excludes halogenated alkanes) is 1. The average Bonchev–Trinajstić information content (AvgIpc) is 3.46. The molecule has 4 rings (SSSR count). The second kappa shape index (κ2) is 9.69. The normalized spacial score (nSPS) is 29.3. The van der Waals surface area contributed by atoms with Crippen molar-refractivity contribution in [1.29, 1.82) is 0 Å². The maximum atomic E-state index is 15.2. The summed E-state index contributed by atoms with van der Waals surface area (Å²) < 4.78 is 36.1. The van der Waals surface area contributed by atoms with Crippen molar-refractivity contribution in [2.24, 2.45) is 11.8 Å². The molecular formula is C24H30F2N4O3. The van der Waals surface area contributed by atoms with Crippen LogP contribution in [0.4, 0.5) is 8.78 Å². The number of fused-ring (bicyclic) bond motifs is 1. The Bertz CT molecular complexity index is 995. The molecule has 33 heavy (non-hydrogen) atoms. The first-order chi connectivity index (χ1) is 15.8. The number of rotatable bonds is 8. The van der Waals surface area contributed by atoms with Crippen molar-refractivity contribution in [3.63, 3.8) is 0 Å². The van der Waals surface area contributed by atoms with E-state index in [0.29, 0.717) is 25.1 Å². The van der Waals surface area contributed by atoms with Crippen molar-refractivity contribution in [1.82, 2.24) is 20.6 Å². The minimum Gasteiger partial charge on any atom is -0.488 e. The van der Waals surface area contributed by atoms with Gasteiger partial charge in [0.15, 0.2) is 5.76 Å². The van der Waals surface area contributed by atoms with Crippen molar-refractivity contribution in [2.45, 2.75) is 69.7 Å². The fraction of sp³-hybridized carbons (Fsp3) is 0.542. The van der Waals surface area contributed by atoms with Gasteiger partial charge in [0, 0.05) is 24.7 Å². The Morgan fingerprint density at radius 1 is 1.36 bits per heavy atom. The Morgan fingerprint density at radius 3 is 2.91 bits per heavy atom. The van der Waals surface area contributed by atoms with Crippen LogP contribution < -0.4 is 0 Å². The van der Waals surface area contributed by atoms with Gasteiger partial charge in [-0.2, -0.15) is 8.78 Å². The SMILES string of the molecule is Cc1cccc([C@H](C)[C@@H](O)/C=C\[C@@H]2[C@@H]3[C@H](C[C@H]2O)OC(=CCCCc2nnn[nH]2)C3(F)F)c1. The van der Waals surface area contributed by atoms with Crippen LogP contribution in [0.2, 0.25) is 0 Å². The molecule has 1 aliphatic carbocycles. The summed E-state index contributed by atoms with van der Waals surface area (Å²) in [5, 5.41) is 34.5. The van der Waals surface area contributed by atoms with E-state index >= 15 is 8.78 Å². The summed E-state index contributed by atoms with van der Waals surface area (Å²) in [7, 11) is 0. The molecule has 178 valence electrons. The van der Waals surface area contributed by atoms with E-state index in [0.717, 1.165) is 11.1 Å². The standard InChI is InChI=1S/C24H30F2N4O3/c1-14-6-5-7-16(12-14)15(2)18(31)11-10-17-19(32)13-20-23(17)24(25,26)21(33-20)8-3-4-9-22-27-29-30-28-22/h5-8,10-12,15,17-20,23,31-32H,3-4,9,13H2,1-2H3,(H,27,28,29,30)/b11-10-,21-8?/t15-,17-,18-,19+,20-,23+/m0/s1. The fourth-order valence-electron chi connectivity index (χ4n) is 4.81. The number of tetrazole rings is 1. The van der Waals surface area contributed by atoms with Crippen LogP contribution in [0, 0.1) is 18.8 Å². The molecule has 6 atom stereocenters. The zero-order chi connectivity index (χ0) is 23.6. The summed E-state index contributed by atoms with van der Waals surface area (Å²) in [6.07, 6.45) is 3.67. The monoisotopic (exact) mass is 460 g/mol. The van der Waals surface area contributed by atoms with Crippen molar-refractivity contribution < 1.29 is 23.7 Å². The lowest BCUT2D eigenvalue weighted by Gasteiger charge is -2.23. The maximum absolute atomic E-state index is 15.2. The molecule has 0 radical (unpaired) electrons. The molecule has 2 fully saturated rings. The van der Waals surface area contributed by atoms with Gasteiger partial charge < -0.3 is 14.9 Å². The second-order valence-corrected chi connectivity index (χ2v) is 9.07. The summed E-state index contributed by atoms with van der Waals surface area (Å²) in [5.41, 5.74) is 2.06. The molecule has 9 heteroatoms. The molecule has 0 bridgehead atoms. The summed E-state index contributed by atoms with van der Waals surface area (Å²) in [5.74, 6) is -5.06. The zero-order valence-corrected chi connectivity index (χ0v) is 18.7. The van der Waals surface area contributed by atoms with Crippen molar-refractivity contribution in [3.05, 3.63) is 65.2 Å². The molecule has 7 nitrogen and oxygen atoms in total. The van der Waals surface area contributed by atoms with Gasteiger partial charge in [0.1, 0.15) is 11.9 Å². The van der Waals surface area contributed by atoms with Crippen LogP contribution in [0.3, 0.4) is 0 Å². The summed E-state index contributed by atoms with van der Waals surface area (Å²) in [6, 6.07) is 7.84. The number of alkyl halides is 2. The van der Waals surface area contributed by atoms with Crippen LogP contribution in [-0.4, -0.2) is 55.1 Å². The third kappa shape index (κ3) is 4.99.